The second-order valence-electron chi connectivity index (χ2n) is 3.94. The van der Waals surface area contributed by atoms with Crippen molar-refractivity contribution >= 4 is 17.2 Å². The highest BCUT2D eigenvalue weighted by atomic mass is 32.1. The van der Waals surface area contributed by atoms with Crippen LogP contribution in [0.2, 0.25) is 0 Å². The van der Waals surface area contributed by atoms with Crippen LogP contribution in [0.4, 0.5) is 5.69 Å². The quantitative estimate of drug-likeness (QED) is 0.774. The Labute approximate surface area is 113 Å². The molecule has 1 aromatic carbocycles. The fraction of sp³-hybridized carbons (Fsp3) is 0.182. The number of rotatable bonds is 4. The molecule has 7 nitrogen and oxygen atoms in total. The van der Waals surface area contributed by atoms with Crippen molar-refractivity contribution in [3.63, 3.8) is 0 Å². The zero-order chi connectivity index (χ0) is 13.1. The van der Waals surface area contributed by atoms with E-state index in [9.17, 15) is 0 Å². The van der Waals surface area contributed by atoms with Gasteiger partial charge in [0.05, 0.1) is 17.9 Å². The fourth-order valence-electron chi connectivity index (χ4n) is 1.67. The van der Waals surface area contributed by atoms with Gasteiger partial charge < -0.3 is 5.32 Å². The molecule has 0 bridgehead atoms. The van der Waals surface area contributed by atoms with E-state index in [2.05, 4.69) is 30.4 Å². The van der Waals surface area contributed by atoms with Gasteiger partial charge in [-0.3, -0.25) is 0 Å². The summed E-state index contributed by atoms with van der Waals surface area (Å²) in [6.45, 7) is 2.51. The number of benzene rings is 1. The van der Waals surface area contributed by atoms with Gasteiger partial charge in [0.1, 0.15) is 0 Å². The Morgan fingerprint density at radius 1 is 1.32 bits per heavy atom. The van der Waals surface area contributed by atoms with Crippen LogP contribution in [0.25, 0.3) is 5.69 Å². The lowest BCUT2D eigenvalue weighted by atomic mass is 10.2. The number of aromatic nitrogens is 6. The van der Waals surface area contributed by atoms with Gasteiger partial charge in [-0.25, -0.2) is 0 Å². The van der Waals surface area contributed by atoms with E-state index in [-0.39, 0.29) is 0 Å². The first-order chi connectivity index (χ1) is 9.33. The summed E-state index contributed by atoms with van der Waals surface area (Å²) in [5, 5.41) is 20.7. The molecule has 3 rings (SSSR count). The third-order valence-corrected chi connectivity index (χ3v) is 3.15. The summed E-state index contributed by atoms with van der Waals surface area (Å²) in [6.07, 6.45) is 0. The molecule has 0 saturated carbocycles. The first-order valence-electron chi connectivity index (χ1n) is 5.68. The van der Waals surface area contributed by atoms with Crippen molar-refractivity contribution in [2.45, 2.75) is 13.5 Å². The van der Waals surface area contributed by atoms with Crippen molar-refractivity contribution in [2.75, 3.05) is 5.32 Å². The predicted molar refractivity (Wildman–Crippen MR) is 71.1 cm³/mol. The molecule has 0 aliphatic rings. The van der Waals surface area contributed by atoms with Gasteiger partial charge in [-0.1, -0.05) is 10.6 Å². The average molecular weight is 273 g/mol. The van der Waals surface area contributed by atoms with Crippen LogP contribution in [0.5, 0.6) is 0 Å². The zero-order valence-corrected chi connectivity index (χ0v) is 11.0. The number of hydrogen-bond donors (Lipinski definition) is 1. The number of hydrogen-bond acceptors (Lipinski definition) is 7. The molecule has 2 heterocycles. The molecule has 8 heteroatoms. The molecule has 0 atom stereocenters. The molecule has 2 aromatic heterocycles. The summed E-state index contributed by atoms with van der Waals surface area (Å²) >= 11 is 1.35. The molecular formula is C11H11N7S. The number of nitrogens with zero attached hydrogens (tertiary/aromatic N) is 6. The molecule has 3 aromatic rings. The third kappa shape index (κ3) is 2.58. The minimum Gasteiger partial charge on any atom is -0.379 e. The van der Waals surface area contributed by atoms with E-state index < -0.39 is 0 Å². The Bertz CT molecular complexity index is 661. The van der Waals surface area contributed by atoms with Crippen LogP contribution in [-0.2, 0) is 6.54 Å². The van der Waals surface area contributed by atoms with Gasteiger partial charge in [0.2, 0.25) is 0 Å². The van der Waals surface area contributed by atoms with Crippen molar-refractivity contribution in [2.24, 2.45) is 0 Å². The van der Waals surface area contributed by atoms with E-state index in [0.29, 0.717) is 6.54 Å². The Kier molecular flexibility index (Phi) is 3.15. The molecule has 0 saturated heterocycles. The molecule has 0 radical (unpaired) electrons. The Morgan fingerprint density at radius 3 is 3.00 bits per heavy atom. The Hall–Kier alpha value is -2.35. The van der Waals surface area contributed by atoms with Crippen LogP contribution >= 0.6 is 11.5 Å². The molecule has 0 spiro atoms. The standard InChI is InChI=1S/C11H11N7S/c1-8-13-15-16-18(8)11-4-2-3-9(5-11)12-6-10-7-19-17-14-10/h2-5,7,12H,6H2,1H3. The van der Waals surface area contributed by atoms with Gasteiger partial charge >= 0.3 is 0 Å². The highest BCUT2D eigenvalue weighted by Gasteiger charge is 2.04. The summed E-state index contributed by atoms with van der Waals surface area (Å²) < 4.78 is 5.52. The van der Waals surface area contributed by atoms with E-state index in [1.165, 1.54) is 11.5 Å². The highest BCUT2D eigenvalue weighted by Crippen LogP contribution is 2.15. The van der Waals surface area contributed by atoms with Crippen LogP contribution < -0.4 is 5.32 Å². The largest absolute Gasteiger partial charge is 0.379 e. The van der Waals surface area contributed by atoms with Crippen LogP contribution in [0, 0.1) is 6.92 Å². The SMILES string of the molecule is Cc1nnnn1-c1cccc(NCc2csnn2)c1. The van der Waals surface area contributed by atoms with Crippen molar-refractivity contribution < 1.29 is 0 Å². The maximum Gasteiger partial charge on any atom is 0.153 e. The maximum atomic E-state index is 3.99. The van der Waals surface area contributed by atoms with Crippen LogP contribution in [-0.4, -0.2) is 29.8 Å². The van der Waals surface area contributed by atoms with Crippen molar-refractivity contribution in [1.29, 1.82) is 0 Å². The second kappa shape index (κ2) is 5.11. The molecule has 0 unspecified atom stereocenters. The molecular weight excluding hydrogens is 262 g/mol. The van der Waals surface area contributed by atoms with Crippen LogP contribution in [0.15, 0.2) is 29.6 Å². The van der Waals surface area contributed by atoms with Gasteiger partial charge in [0, 0.05) is 11.1 Å². The second-order valence-corrected chi connectivity index (χ2v) is 4.55. The maximum absolute atomic E-state index is 3.99. The van der Waals surface area contributed by atoms with E-state index in [0.717, 1.165) is 22.9 Å². The van der Waals surface area contributed by atoms with Crippen LogP contribution in [0.1, 0.15) is 11.5 Å². The fourth-order valence-corrected chi connectivity index (χ4v) is 2.12. The van der Waals surface area contributed by atoms with Gasteiger partial charge in [-0.15, -0.1) is 10.2 Å². The van der Waals surface area contributed by atoms with Crippen molar-refractivity contribution in [3.8, 4) is 5.69 Å². The molecule has 1 N–H and O–H groups in total. The summed E-state index contributed by atoms with van der Waals surface area (Å²) in [5.74, 6) is 0.751. The van der Waals surface area contributed by atoms with Crippen LogP contribution in [0.3, 0.4) is 0 Å². The Balaban J connectivity index is 1.78. The van der Waals surface area contributed by atoms with Gasteiger partial charge in [-0.2, -0.15) is 4.68 Å². The lowest BCUT2D eigenvalue weighted by molar-refractivity contribution is 0.779. The summed E-state index contributed by atoms with van der Waals surface area (Å²) in [5.41, 5.74) is 2.83. The topological polar surface area (TPSA) is 81.4 Å². The van der Waals surface area contributed by atoms with E-state index >= 15 is 0 Å². The summed E-state index contributed by atoms with van der Waals surface area (Å²) in [4.78, 5) is 0. The normalized spacial score (nSPS) is 10.6. The first-order valence-corrected chi connectivity index (χ1v) is 6.52. The Morgan fingerprint density at radius 2 is 2.26 bits per heavy atom. The summed E-state index contributed by atoms with van der Waals surface area (Å²) in [6, 6.07) is 7.89. The number of anilines is 1. The monoisotopic (exact) mass is 273 g/mol. The predicted octanol–water partition coefficient (Wildman–Crippen LogP) is 1.43. The lowest BCUT2D eigenvalue weighted by Crippen LogP contribution is -2.03. The molecule has 0 amide bonds. The van der Waals surface area contributed by atoms with E-state index in [4.69, 9.17) is 0 Å². The molecule has 0 aliphatic carbocycles. The zero-order valence-electron chi connectivity index (χ0n) is 10.2. The minimum absolute atomic E-state index is 0.647. The van der Waals surface area contributed by atoms with Gasteiger partial charge in [0.25, 0.3) is 0 Å². The third-order valence-electron chi connectivity index (χ3n) is 2.59. The van der Waals surface area contributed by atoms with Crippen molar-refractivity contribution in [3.05, 3.63) is 41.2 Å². The average Bonchev–Trinajstić information content (AvgIpc) is 3.08. The number of aryl methyl sites for hydroxylation is 1. The van der Waals surface area contributed by atoms with Gasteiger partial charge in [0.15, 0.2) is 5.82 Å². The molecule has 0 fully saturated rings. The lowest BCUT2D eigenvalue weighted by Gasteiger charge is -2.07. The smallest absolute Gasteiger partial charge is 0.153 e. The number of tetrazole rings is 1. The summed E-state index contributed by atoms with van der Waals surface area (Å²) in [7, 11) is 0. The molecule has 19 heavy (non-hydrogen) atoms. The highest BCUT2D eigenvalue weighted by molar-refractivity contribution is 7.03. The first kappa shape index (κ1) is 11.7. The van der Waals surface area contributed by atoms with Gasteiger partial charge in [-0.05, 0) is 47.1 Å². The van der Waals surface area contributed by atoms with E-state index in [1.54, 1.807) is 4.68 Å². The molecule has 96 valence electrons. The van der Waals surface area contributed by atoms with Crippen molar-refractivity contribution in [1.82, 2.24) is 29.8 Å². The molecule has 0 aliphatic heterocycles. The van der Waals surface area contributed by atoms with E-state index in [1.807, 2.05) is 36.6 Å². The minimum atomic E-state index is 0.647. The number of nitrogens with one attached hydrogen (secondary N) is 1.